The van der Waals surface area contributed by atoms with Gasteiger partial charge >= 0.3 is 0 Å². The zero-order valence-electron chi connectivity index (χ0n) is 18.5. The highest BCUT2D eigenvalue weighted by Gasteiger charge is 2.19. The van der Waals surface area contributed by atoms with E-state index in [0.29, 0.717) is 28.4 Å². The van der Waals surface area contributed by atoms with Gasteiger partial charge in [0, 0.05) is 18.7 Å². The van der Waals surface area contributed by atoms with Crippen LogP contribution in [0, 0.1) is 6.92 Å². The molecule has 2 aromatic carbocycles. The van der Waals surface area contributed by atoms with Gasteiger partial charge in [0.2, 0.25) is 5.91 Å². The molecule has 33 heavy (non-hydrogen) atoms. The fourth-order valence-corrected chi connectivity index (χ4v) is 3.59. The van der Waals surface area contributed by atoms with Crippen LogP contribution < -0.4 is 21.2 Å². The fraction of sp³-hybridized carbons (Fsp3) is 0.167. The van der Waals surface area contributed by atoms with E-state index < -0.39 is 11.5 Å². The number of rotatable bonds is 6. The number of carbonyl (C=O) groups is 1. The smallest absolute Gasteiger partial charge is 0.295 e. The highest BCUT2D eigenvalue weighted by atomic mass is 16.5. The Labute approximate surface area is 189 Å². The summed E-state index contributed by atoms with van der Waals surface area (Å²) in [6.45, 7) is 1.39. The van der Waals surface area contributed by atoms with Crippen LogP contribution in [0.4, 0.5) is 5.69 Å². The zero-order chi connectivity index (χ0) is 23.5. The number of nitrogens with zero attached hydrogens (tertiary/aromatic N) is 4. The Morgan fingerprint density at radius 1 is 1.00 bits per heavy atom. The van der Waals surface area contributed by atoms with Crippen molar-refractivity contribution in [2.75, 3.05) is 12.4 Å². The second-order valence-electron chi connectivity index (χ2n) is 7.40. The molecule has 0 radical (unpaired) electrons. The van der Waals surface area contributed by atoms with Gasteiger partial charge in [0.15, 0.2) is 0 Å². The molecule has 0 saturated heterocycles. The van der Waals surface area contributed by atoms with E-state index in [4.69, 9.17) is 4.74 Å². The first-order chi connectivity index (χ1) is 15.9. The molecular weight excluding hydrogens is 422 g/mol. The Bertz CT molecular complexity index is 1430. The first-order valence-electron chi connectivity index (χ1n) is 10.3. The summed E-state index contributed by atoms with van der Waals surface area (Å²) in [5.41, 5.74) is 1.80. The summed E-state index contributed by atoms with van der Waals surface area (Å²) in [4.78, 5) is 38.1. The van der Waals surface area contributed by atoms with E-state index >= 15 is 0 Å². The molecule has 0 atom stereocenters. The second-order valence-corrected chi connectivity index (χ2v) is 7.40. The number of aromatic nitrogens is 4. The summed E-state index contributed by atoms with van der Waals surface area (Å²) >= 11 is 0. The predicted molar refractivity (Wildman–Crippen MR) is 125 cm³/mol. The minimum atomic E-state index is -0.534. The monoisotopic (exact) mass is 445 g/mol. The minimum Gasteiger partial charge on any atom is -0.496 e. The number of methoxy groups -OCH3 is 1. The van der Waals surface area contributed by atoms with Gasteiger partial charge in [-0.15, -0.1) is 0 Å². The number of anilines is 1. The molecule has 0 unspecified atom stereocenters. The van der Waals surface area contributed by atoms with Gasteiger partial charge in [-0.25, -0.2) is 9.36 Å². The van der Waals surface area contributed by atoms with Crippen molar-refractivity contribution in [2.45, 2.75) is 13.5 Å². The van der Waals surface area contributed by atoms with Gasteiger partial charge in [-0.3, -0.25) is 19.1 Å². The Balaban J connectivity index is 1.62. The molecule has 9 nitrogen and oxygen atoms in total. The lowest BCUT2D eigenvalue weighted by atomic mass is 10.1. The van der Waals surface area contributed by atoms with Crippen molar-refractivity contribution in [3.8, 4) is 22.7 Å². The molecular formula is C24H23N5O4. The molecule has 0 bridgehead atoms. The summed E-state index contributed by atoms with van der Waals surface area (Å²) < 4.78 is 9.56. The van der Waals surface area contributed by atoms with Crippen LogP contribution in [-0.4, -0.2) is 32.2 Å². The van der Waals surface area contributed by atoms with E-state index in [2.05, 4.69) is 10.4 Å². The number of amides is 1. The van der Waals surface area contributed by atoms with Gasteiger partial charge in [0.1, 0.15) is 18.0 Å². The summed E-state index contributed by atoms with van der Waals surface area (Å²) in [7, 11) is 3.29. The topological polar surface area (TPSA) is 100 Å². The number of benzene rings is 2. The van der Waals surface area contributed by atoms with Crippen LogP contribution in [0.2, 0.25) is 0 Å². The lowest BCUT2D eigenvalue weighted by Crippen LogP contribution is -2.30. The standard InChI is InChI=1S/C24H23N5O4/c1-16-23(24(32)29(27(16)2)17-9-5-4-6-10-17)25-21(30)15-28-22(31)14-13-19(26-28)18-11-7-8-12-20(18)33-3/h4-14H,15H2,1-3H3,(H,25,30). The third kappa shape index (κ3) is 4.20. The van der Waals surface area contributed by atoms with Crippen LogP contribution in [0.15, 0.2) is 76.3 Å². The molecule has 2 aromatic heterocycles. The van der Waals surface area contributed by atoms with E-state index in [1.165, 1.54) is 10.7 Å². The quantitative estimate of drug-likeness (QED) is 0.491. The zero-order valence-corrected chi connectivity index (χ0v) is 18.5. The van der Waals surface area contributed by atoms with Gasteiger partial charge in [-0.05, 0) is 37.3 Å². The number of nitrogens with one attached hydrogen (secondary N) is 1. The predicted octanol–water partition coefficient (Wildman–Crippen LogP) is 2.36. The van der Waals surface area contributed by atoms with Crippen LogP contribution in [0.5, 0.6) is 5.75 Å². The molecule has 4 rings (SSSR count). The van der Waals surface area contributed by atoms with Crippen molar-refractivity contribution in [3.63, 3.8) is 0 Å². The average Bonchev–Trinajstić information content (AvgIpc) is 3.04. The van der Waals surface area contributed by atoms with Gasteiger partial charge < -0.3 is 10.1 Å². The van der Waals surface area contributed by atoms with Gasteiger partial charge in [-0.1, -0.05) is 30.3 Å². The first kappa shape index (κ1) is 21.8. The van der Waals surface area contributed by atoms with Gasteiger partial charge in [0.05, 0.1) is 24.2 Å². The van der Waals surface area contributed by atoms with Crippen LogP contribution in [0.3, 0.4) is 0 Å². The first-order valence-corrected chi connectivity index (χ1v) is 10.3. The van der Waals surface area contributed by atoms with Crippen molar-refractivity contribution in [2.24, 2.45) is 7.05 Å². The molecule has 0 saturated carbocycles. The van der Waals surface area contributed by atoms with Crippen LogP contribution in [0.25, 0.3) is 16.9 Å². The van der Waals surface area contributed by atoms with Crippen molar-refractivity contribution >= 4 is 11.6 Å². The number of ether oxygens (including phenoxy) is 1. The molecule has 0 aliphatic heterocycles. The molecule has 4 aromatic rings. The summed E-state index contributed by atoms with van der Waals surface area (Å²) in [6.07, 6.45) is 0. The number of hydrogen-bond donors (Lipinski definition) is 1. The van der Waals surface area contributed by atoms with Crippen molar-refractivity contribution in [1.29, 1.82) is 0 Å². The van der Waals surface area contributed by atoms with Crippen LogP contribution >= 0.6 is 0 Å². The normalized spacial score (nSPS) is 10.8. The SMILES string of the molecule is COc1ccccc1-c1ccc(=O)n(CC(=O)Nc2c(C)n(C)n(-c3ccccc3)c2=O)n1. The maximum Gasteiger partial charge on any atom is 0.295 e. The lowest BCUT2D eigenvalue weighted by Gasteiger charge is -2.10. The molecule has 1 amide bonds. The van der Waals surface area contributed by atoms with E-state index in [1.807, 2.05) is 36.4 Å². The molecule has 1 N–H and O–H groups in total. The molecule has 0 aliphatic carbocycles. The molecule has 168 valence electrons. The third-order valence-corrected chi connectivity index (χ3v) is 5.36. The van der Waals surface area contributed by atoms with Crippen molar-refractivity contribution in [3.05, 3.63) is 93.1 Å². The Morgan fingerprint density at radius 3 is 2.42 bits per heavy atom. The van der Waals surface area contributed by atoms with Crippen LogP contribution in [-0.2, 0) is 18.4 Å². The van der Waals surface area contributed by atoms with E-state index in [-0.39, 0.29) is 17.8 Å². The largest absolute Gasteiger partial charge is 0.496 e. The highest BCUT2D eigenvalue weighted by Crippen LogP contribution is 2.27. The maximum atomic E-state index is 13.0. The average molecular weight is 445 g/mol. The van der Waals surface area contributed by atoms with E-state index in [1.54, 1.807) is 50.0 Å². The lowest BCUT2D eigenvalue weighted by molar-refractivity contribution is -0.117. The number of para-hydroxylation sites is 2. The third-order valence-electron chi connectivity index (χ3n) is 5.36. The Hall–Kier alpha value is -4.40. The molecule has 0 fully saturated rings. The molecule has 2 heterocycles. The molecule has 0 aliphatic rings. The Kier molecular flexibility index (Phi) is 5.95. The van der Waals surface area contributed by atoms with E-state index in [0.717, 1.165) is 4.68 Å². The summed E-state index contributed by atoms with van der Waals surface area (Å²) in [5.74, 6) is 0.0637. The summed E-state index contributed by atoms with van der Waals surface area (Å²) in [5, 5.41) is 6.97. The molecule has 9 heteroatoms. The number of hydrogen-bond acceptors (Lipinski definition) is 5. The van der Waals surface area contributed by atoms with Crippen LogP contribution in [0.1, 0.15) is 5.69 Å². The number of carbonyl (C=O) groups excluding carboxylic acids is 1. The van der Waals surface area contributed by atoms with E-state index in [9.17, 15) is 14.4 Å². The minimum absolute atomic E-state index is 0.153. The van der Waals surface area contributed by atoms with Crippen molar-refractivity contribution in [1.82, 2.24) is 19.1 Å². The second kappa shape index (κ2) is 8.99. The van der Waals surface area contributed by atoms with Gasteiger partial charge in [0.25, 0.3) is 11.1 Å². The van der Waals surface area contributed by atoms with Crippen molar-refractivity contribution < 1.29 is 9.53 Å². The maximum absolute atomic E-state index is 13.0. The van der Waals surface area contributed by atoms with Gasteiger partial charge in [-0.2, -0.15) is 5.10 Å². The summed E-state index contributed by atoms with van der Waals surface area (Å²) in [6, 6.07) is 19.3. The fourth-order valence-electron chi connectivity index (χ4n) is 3.59. The highest BCUT2D eigenvalue weighted by molar-refractivity contribution is 5.91. The molecule has 0 spiro atoms. The Morgan fingerprint density at radius 2 is 1.70 bits per heavy atom.